The van der Waals surface area contributed by atoms with Gasteiger partial charge in [0.2, 0.25) is 12.3 Å². The number of carbonyl (C=O) groups is 1. The molecule has 3 heterocycles. The van der Waals surface area contributed by atoms with E-state index in [-0.39, 0.29) is 11.9 Å². The molecule has 0 saturated carbocycles. The summed E-state index contributed by atoms with van der Waals surface area (Å²) in [4.78, 5) is 16.9. The quantitative estimate of drug-likeness (QED) is 0.670. The number of hydrogen-bond acceptors (Lipinski definition) is 6. The third-order valence-corrected chi connectivity index (χ3v) is 5.91. The molecule has 8 nitrogen and oxygen atoms in total. The number of likely N-dealkylation sites (tertiary alicyclic amines) is 1. The number of H-pyrrole nitrogens is 1. The molecule has 1 aromatic heterocycles. The van der Waals surface area contributed by atoms with Crippen molar-refractivity contribution >= 4 is 16.8 Å². The third kappa shape index (κ3) is 4.16. The van der Waals surface area contributed by atoms with Crippen LogP contribution in [-0.4, -0.2) is 68.2 Å². The topological polar surface area (TPSA) is 108 Å². The zero-order valence-electron chi connectivity index (χ0n) is 17.4. The van der Waals surface area contributed by atoms with Crippen molar-refractivity contribution in [2.24, 2.45) is 5.73 Å². The van der Waals surface area contributed by atoms with E-state index < -0.39 is 18.1 Å². The van der Waals surface area contributed by atoms with E-state index in [0.29, 0.717) is 26.1 Å². The van der Waals surface area contributed by atoms with Crippen LogP contribution in [-0.2, 0) is 22.5 Å². The maximum Gasteiger partial charge on any atom is 0.240 e. The van der Waals surface area contributed by atoms with Crippen molar-refractivity contribution in [3.63, 3.8) is 0 Å². The number of benzene rings is 1. The number of piperidine rings is 1. The predicted molar refractivity (Wildman–Crippen MR) is 110 cm³/mol. The van der Waals surface area contributed by atoms with Crippen molar-refractivity contribution in [1.82, 2.24) is 20.0 Å². The summed E-state index contributed by atoms with van der Waals surface area (Å²) in [6.45, 7) is 7.66. The molecule has 2 aliphatic rings. The van der Waals surface area contributed by atoms with Gasteiger partial charge in [-0.15, -0.1) is 0 Å². The first-order valence-corrected chi connectivity index (χ1v) is 10.3. The number of rotatable bonds is 3. The molecule has 2 atom stereocenters. The van der Waals surface area contributed by atoms with Crippen LogP contribution in [0.5, 0.6) is 0 Å². The normalized spacial score (nSPS) is 23.3. The largest absolute Gasteiger partial charge is 0.356 e. The zero-order valence-corrected chi connectivity index (χ0v) is 17.4. The van der Waals surface area contributed by atoms with E-state index in [2.05, 4.69) is 16.3 Å². The van der Waals surface area contributed by atoms with Gasteiger partial charge in [0.05, 0.1) is 23.4 Å². The minimum atomic E-state index is -0.927. The van der Waals surface area contributed by atoms with Gasteiger partial charge in [-0.05, 0) is 57.2 Å². The summed E-state index contributed by atoms with van der Waals surface area (Å²) in [6, 6.07) is 3.62. The Balaban J connectivity index is 1.51. The van der Waals surface area contributed by atoms with Crippen LogP contribution in [0.4, 0.5) is 0 Å². The molecule has 158 valence electrons. The minimum Gasteiger partial charge on any atom is -0.356 e. The third-order valence-electron chi connectivity index (χ3n) is 5.91. The van der Waals surface area contributed by atoms with Crippen molar-refractivity contribution < 1.29 is 14.6 Å². The number of aromatic amines is 1. The fourth-order valence-corrected chi connectivity index (χ4v) is 4.40. The molecule has 29 heavy (non-hydrogen) atoms. The molecule has 8 heteroatoms. The van der Waals surface area contributed by atoms with Crippen molar-refractivity contribution in [3.8, 4) is 0 Å². The van der Waals surface area contributed by atoms with Gasteiger partial charge >= 0.3 is 0 Å². The Kier molecular flexibility index (Phi) is 5.37. The highest BCUT2D eigenvalue weighted by Crippen LogP contribution is 2.30. The second-order valence-electron chi connectivity index (χ2n) is 9.13. The van der Waals surface area contributed by atoms with E-state index in [1.165, 1.54) is 0 Å². The van der Waals surface area contributed by atoms with Gasteiger partial charge in [-0.25, -0.2) is 0 Å². The standard InChI is InChI=1S/C21H31N5O3/c1-21(2,3)29-20(28)25-8-6-14(7-9-25)26-12-16-13(10-17(22)19(26)27)4-5-18-15(16)11-23-24-18/h4-5,11,14,17,20,28H,6-10,12,22H2,1-3H3,(H,23,24). The molecule has 1 amide bonds. The summed E-state index contributed by atoms with van der Waals surface area (Å²) in [5.41, 5.74) is 9.09. The predicted octanol–water partition coefficient (Wildman–Crippen LogP) is 1.33. The number of nitrogens with two attached hydrogens (primary N) is 1. The number of nitrogens with zero attached hydrogens (tertiary/aromatic N) is 3. The highest BCUT2D eigenvalue weighted by molar-refractivity contribution is 5.87. The van der Waals surface area contributed by atoms with E-state index in [9.17, 15) is 9.90 Å². The molecule has 1 saturated heterocycles. The second-order valence-corrected chi connectivity index (χ2v) is 9.13. The van der Waals surface area contributed by atoms with Crippen LogP contribution in [0.1, 0.15) is 44.7 Å². The molecule has 0 bridgehead atoms. The van der Waals surface area contributed by atoms with Crippen LogP contribution in [0.3, 0.4) is 0 Å². The van der Waals surface area contributed by atoms with Gasteiger partial charge in [-0.3, -0.25) is 14.8 Å². The lowest BCUT2D eigenvalue weighted by Crippen LogP contribution is -2.53. The first kappa shape index (κ1) is 20.3. The highest BCUT2D eigenvalue weighted by atomic mass is 16.6. The number of carbonyl (C=O) groups excluding carboxylic acids is 1. The summed E-state index contributed by atoms with van der Waals surface area (Å²) >= 11 is 0. The molecule has 2 aromatic rings. The minimum absolute atomic E-state index is 0.00258. The molecular formula is C21H31N5O3. The number of aromatic nitrogens is 2. The fraction of sp³-hybridized carbons (Fsp3) is 0.619. The molecule has 4 N–H and O–H groups in total. The lowest BCUT2D eigenvalue weighted by molar-refractivity contribution is -0.243. The smallest absolute Gasteiger partial charge is 0.240 e. The lowest BCUT2D eigenvalue weighted by atomic mass is 9.99. The van der Waals surface area contributed by atoms with Gasteiger partial charge in [0, 0.05) is 31.1 Å². The van der Waals surface area contributed by atoms with E-state index in [1.807, 2.05) is 42.8 Å². The zero-order chi connectivity index (χ0) is 20.8. The number of ether oxygens (including phenoxy) is 1. The number of aliphatic hydroxyl groups excluding tert-OH is 1. The maximum absolute atomic E-state index is 13.1. The summed E-state index contributed by atoms with van der Waals surface area (Å²) in [7, 11) is 0. The summed E-state index contributed by atoms with van der Waals surface area (Å²) in [5, 5.41) is 18.6. The van der Waals surface area contributed by atoms with Crippen LogP contribution < -0.4 is 5.73 Å². The van der Waals surface area contributed by atoms with Gasteiger partial charge in [-0.1, -0.05) is 6.07 Å². The monoisotopic (exact) mass is 401 g/mol. The number of fused-ring (bicyclic) bond motifs is 3. The molecule has 2 aliphatic heterocycles. The Morgan fingerprint density at radius 1 is 1.31 bits per heavy atom. The van der Waals surface area contributed by atoms with Crippen LogP contribution in [0.2, 0.25) is 0 Å². The van der Waals surface area contributed by atoms with Crippen molar-refractivity contribution in [1.29, 1.82) is 0 Å². The van der Waals surface area contributed by atoms with Gasteiger partial charge in [0.15, 0.2) is 0 Å². The Morgan fingerprint density at radius 2 is 2.03 bits per heavy atom. The second kappa shape index (κ2) is 7.68. The van der Waals surface area contributed by atoms with Crippen molar-refractivity contribution in [2.45, 2.75) is 70.7 Å². The van der Waals surface area contributed by atoms with Crippen LogP contribution >= 0.6 is 0 Å². The van der Waals surface area contributed by atoms with Crippen LogP contribution in [0, 0.1) is 0 Å². The maximum atomic E-state index is 13.1. The molecule has 2 unspecified atom stereocenters. The van der Waals surface area contributed by atoms with Crippen molar-refractivity contribution in [2.75, 3.05) is 13.1 Å². The number of amides is 1. The van der Waals surface area contributed by atoms with Gasteiger partial charge in [-0.2, -0.15) is 5.10 Å². The number of aliphatic hydroxyl groups is 1. The number of hydrogen-bond donors (Lipinski definition) is 3. The fourth-order valence-electron chi connectivity index (χ4n) is 4.40. The Morgan fingerprint density at radius 3 is 2.72 bits per heavy atom. The Hall–Kier alpha value is -2.00. The van der Waals surface area contributed by atoms with E-state index in [1.54, 1.807) is 0 Å². The molecule has 0 aliphatic carbocycles. The van der Waals surface area contributed by atoms with E-state index in [0.717, 1.165) is 34.9 Å². The van der Waals surface area contributed by atoms with E-state index >= 15 is 0 Å². The average molecular weight is 402 g/mol. The van der Waals surface area contributed by atoms with Gasteiger partial charge in [0.25, 0.3) is 0 Å². The van der Waals surface area contributed by atoms with Gasteiger partial charge < -0.3 is 20.5 Å². The first-order chi connectivity index (χ1) is 13.7. The summed E-state index contributed by atoms with van der Waals surface area (Å²) in [5.74, 6) is 0.00258. The molecule has 1 aromatic carbocycles. The molecule has 4 rings (SSSR count). The van der Waals surface area contributed by atoms with Crippen LogP contribution in [0.25, 0.3) is 10.9 Å². The average Bonchev–Trinajstić information content (AvgIpc) is 3.09. The number of nitrogens with one attached hydrogen (secondary N) is 1. The summed E-state index contributed by atoms with van der Waals surface area (Å²) in [6.07, 6.45) is 3.00. The molecule has 0 radical (unpaired) electrons. The first-order valence-electron chi connectivity index (χ1n) is 10.3. The molecular weight excluding hydrogens is 370 g/mol. The van der Waals surface area contributed by atoms with Crippen LogP contribution in [0.15, 0.2) is 18.3 Å². The Labute approximate surface area is 171 Å². The highest BCUT2D eigenvalue weighted by Gasteiger charge is 2.36. The van der Waals surface area contributed by atoms with Crippen molar-refractivity contribution in [3.05, 3.63) is 29.5 Å². The van der Waals surface area contributed by atoms with E-state index in [4.69, 9.17) is 10.5 Å². The molecule has 0 spiro atoms. The Bertz CT molecular complexity index is 882. The lowest BCUT2D eigenvalue weighted by Gasteiger charge is -2.41. The van der Waals surface area contributed by atoms with Gasteiger partial charge in [0.1, 0.15) is 0 Å². The molecule has 1 fully saturated rings. The SMILES string of the molecule is CC(C)(C)OC(O)N1CCC(N2Cc3c(ccc4[nH]ncc34)CC(N)C2=O)CC1. The summed E-state index contributed by atoms with van der Waals surface area (Å²) < 4.78 is 5.67.